The summed E-state index contributed by atoms with van der Waals surface area (Å²) in [5.74, 6) is 2.67. The largest absolute Gasteiger partial charge is 0.485 e. The molecule has 0 saturated heterocycles. The molecule has 0 bridgehead atoms. The van der Waals surface area contributed by atoms with Crippen LogP contribution in [0.25, 0.3) is 0 Å². The molecule has 0 saturated carbocycles. The molecule has 4 rings (SSSR count). The SMILES string of the molecule is C=CCn1c(SCc2ccc([N+](=O)[O-])cc2)nnc1C1COc2ccccc2O1. The molecule has 1 atom stereocenters. The molecule has 1 aliphatic heterocycles. The van der Waals surface area contributed by atoms with Crippen molar-refractivity contribution >= 4 is 17.4 Å². The summed E-state index contributed by atoms with van der Waals surface area (Å²) in [5.41, 5.74) is 1.03. The van der Waals surface area contributed by atoms with E-state index in [0.29, 0.717) is 36.2 Å². The summed E-state index contributed by atoms with van der Waals surface area (Å²) in [6.45, 7) is 4.70. The van der Waals surface area contributed by atoms with Crippen LogP contribution in [0, 0.1) is 10.1 Å². The number of allylic oxidation sites excluding steroid dienone is 1. The van der Waals surface area contributed by atoms with Gasteiger partial charge in [0.25, 0.3) is 5.69 Å². The third kappa shape index (κ3) is 4.09. The number of benzene rings is 2. The molecule has 0 radical (unpaired) electrons. The fourth-order valence-corrected chi connectivity index (χ4v) is 3.86. The van der Waals surface area contributed by atoms with Crippen molar-refractivity contribution in [1.82, 2.24) is 14.8 Å². The molecular weight excluding hydrogens is 392 g/mol. The Hall–Kier alpha value is -3.33. The highest BCUT2D eigenvalue weighted by Gasteiger charge is 2.28. The van der Waals surface area contributed by atoms with Crippen LogP contribution in [-0.4, -0.2) is 26.3 Å². The molecular formula is C20H18N4O4S. The Morgan fingerprint density at radius 3 is 2.69 bits per heavy atom. The zero-order chi connectivity index (χ0) is 20.2. The number of hydrogen-bond donors (Lipinski definition) is 0. The zero-order valence-corrected chi connectivity index (χ0v) is 16.2. The van der Waals surface area contributed by atoms with Gasteiger partial charge in [-0.1, -0.05) is 42.1 Å². The topological polar surface area (TPSA) is 92.3 Å². The van der Waals surface area contributed by atoms with E-state index in [0.717, 1.165) is 10.7 Å². The Morgan fingerprint density at radius 1 is 1.21 bits per heavy atom. The van der Waals surface area contributed by atoms with E-state index in [1.165, 1.54) is 23.9 Å². The van der Waals surface area contributed by atoms with Gasteiger partial charge in [0.1, 0.15) is 6.61 Å². The first-order valence-corrected chi connectivity index (χ1v) is 9.93. The monoisotopic (exact) mass is 410 g/mol. The second-order valence-corrected chi connectivity index (χ2v) is 7.26. The number of fused-ring (bicyclic) bond motifs is 1. The van der Waals surface area contributed by atoms with Crippen LogP contribution < -0.4 is 9.47 Å². The van der Waals surface area contributed by atoms with Gasteiger partial charge in [0.05, 0.1) is 4.92 Å². The predicted molar refractivity (Wildman–Crippen MR) is 108 cm³/mol. The molecule has 9 heteroatoms. The van der Waals surface area contributed by atoms with Crippen molar-refractivity contribution in [2.45, 2.75) is 23.6 Å². The minimum atomic E-state index is -0.408. The molecule has 2 aromatic carbocycles. The Bertz CT molecular complexity index is 1040. The molecule has 0 spiro atoms. The van der Waals surface area contributed by atoms with Gasteiger partial charge in [-0.15, -0.1) is 16.8 Å². The van der Waals surface area contributed by atoms with Crippen molar-refractivity contribution in [2.75, 3.05) is 6.61 Å². The molecule has 2 heterocycles. The molecule has 1 unspecified atom stereocenters. The number of nitrogens with zero attached hydrogens (tertiary/aromatic N) is 4. The van der Waals surface area contributed by atoms with Gasteiger partial charge in [-0.2, -0.15) is 0 Å². The van der Waals surface area contributed by atoms with Crippen molar-refractivity contribution < 1.29 is 14.4 Å². The molecule has 0 N–H and O–H groups in total. The van der Waals surface area contributed by atoms with Gasteiger partial charge in [0.2, 0.25) is 0 Å². The zero-order valence-electron chi connectivity index (χ0n) is 15.4. The number of thioether (sulfide) groups is 1. The molecule has 1 aromatic heterocycles. The summed E-state index contributed by atoms with van der Waals surface area (Å²) in [7, 11) is 0. The maximum Gasteiger partial charge on any atom is 0.269 e. The summed E-state index contributed by atoms with van der Waals surface area (Å²) >= 11 is 1.50. The van der Waals surface area contributed by atoms with E-state index in [4.69, 9.17) is 9.47 Å². The lowest BCUT2D eigenvalue weighted by Gasteiger charge is -2.26. The van der Waals surface area contributed by atoms with Crippen LogP contribution in [-0.2, 0) is 12.3 Å². The highest BCUT2D eigenvalue weighted by atomic mass is 32.2. The van der Waals surface area contributed by atoms with Crippen LogP contribution in [0.2, 0.25) is 0 Å². The van der Waals surface area contributed by atoms with Gasteiger partial charge in [0.15, 0.2) is 28.6 Å². The normalized spacial score (nSPS) is 15.1. The van der Waals surface area contributed by atoms with E-state index in [1.54, 1.807) is 18.2 Å². The minimum absolute atomic E-state index is 0.0746. The fourth-order valence-electron chi connectivity index (χ4n) is 2.95. The lowest BCUT2D eigenvalue weighted by molar-refractivity contribution is -0.384. The second-order valence-electron chi connectivity index (χ2n) is 6.32. The standard InChI is InChI=1S/C20H18N4O4S/c1-2-11-23-19(18-12-27-16-5-3-4-6-17(16)28-18)21-22-20(23)29-13-14-7-9-15(10-8-14)24(25)26/h2-10,18H,1,11-13H2. The van der Waals surface area contributed by atoms with Crippen molar-refractivity contribution in [1.29, 1.82) is 0 Å². The number of nitro benzene ring substituents is 1. The molecule has 148 valence electrons. The number of aromatic nitrogens is 3. The van der Waals surface area contributed by atoms with Crippen LogP contribution in [0.1, 0.15) is 17.5 Å². The van der Waals surface area contributed by atoms with Gasteiger partial charge in [0, 0.05) is 24.4 Å². The summed E-state index contributed by atoms with van der Waals surface area (Å²) in [5, 5.41) is 20.2. The van der Waals surface area contributed by atoms with Crippen molar-refractivity contribution in [3.63, 3.8) is 0 Å². The van der Waals surface area contributed by atoms with E-state index in [-0.39, 0.29) is 11.8 Å². The van der Waals surface area contributed by atoms with Gasteiger partial charge in [-0.05, 0) is 17.7 Å². The van der Waals surface area contributed by atoms with E-state index >= 15 is 0 Å². The first kappa shape index (κ1) is 19.0. The Morgan fingerprint density at radius 2 is 1.97 bits per heavy atom. The first-order valence-electron chi connectivity index (χ1n) is 8.94. The van der Waals surface area contributed by atoms with Crippen LogP contribution in [0.3, 0.4) is 0 Å². The van der Waals surface area contributed by atoms with Crippen LogP contribution in [0.5, 0.6) is 11.5 Å². The average Bonchev–Trinajstić information content (AvgIpc) is 3.15. The maximum absolute atomic E-state index is 10.8. The quantitative estimate of drug-likeness (QED) is 0.250. The summed E-state index contributed by atoms with van der Waals surface area (Å²) in [6, 6.07) is 14.0. The smallest absolute Gasteiger partial charge is 0.269 e. The van der Waals surface area contributed by atoms with Crippen LogP contribution in [0.15, 0.2) is 66.3 Å². The number of hydrogen-bond acceptors (Lipinski definition) is 7. The number of rotatable bonds is 7. The molecule has 0 amide bonds. The van der Waals surface area contributed by atoms with Gasteiger partial charge in [-0.3, -0.25) is 14.7 Å². The summed E-state index contributed by atoms with van der Waals surface area (Å²) in [6.07, 6.45) is 1.41. The Kier molecular flexibility index (Phi) is 5.48. The molecule has 29 heavy (non-hydrogen) atoms. The van der Waals surface area contributed by atoms with E-state index in [9.17, 15) is 10.1 Å². The molecule has 0 aliphatic carbocycles. The Labute approximate surface area is 171 Å². The van der Waals surface area contributed by atoms with Crippen molar-refractivity contribution in [3.8, 4) is 11.5 Å². The lowest BCUT2D eigenvalue weighted by atomic mass is 10.2. The van der Waals surface area contributed by atoms with E-state index < -0.39 is 4.92 Å². The predicted octanol–water partition coefficient (Wildman–Crippen LogP) is 4.18. The molecule has 3 aromatic rings. The first-order chi connectivity index (χ1) is 14.2. The van der Waals surface area contributed by atoms with Gasteiger partial charge >= 0.3 is 0 Å². The van der Waals surface area contributed by atoms with Gasteiger partial charge in [-0.25, -0.2) is 0 Å². The minimum Gasteiger partial charge on any atom is -0.485 e. The molecule has 0 fully saturated rings. The second kappa shape index (κ2) is 8.36. The summed E-state index contributed by atoms with van der Waals surface area (Å²) in [4.78, 5) is 10.4. The molecule has 8 nitrogen and oxygen atoms in total. The third-order valence-electron chi connectivity index (χ3n) is 4.37. The van der Waals surface area contributed by atoms with Crippen LogP contribution in [0.4, 0.5) is 5.69 Å². The highest BCUT2D eigenvalue weighted by Crippen LogP contribution is 2.36. The van der Waals surface area contributed by atoms with Crippen molar-refractivity contribution in [3.05, 3.63) is 82.7 Å². The average molecular weight is 410 g/mol. The summed E-state index contributed by atoms with van der Waals surface area (Å²) < 4.78 is 13.8. The van der Waals surface area contributed by atoms with Crippen LogP contribution >= 0.6 is 11.8 Å². The third-order valence-corrected chi connectivity index (χ3v) is 5.41. The lowest BCUT2D eigenvalue weighted by Crippen LogP contribution is -2.25. The number of ether oxygens (including phenoxy) is 2. The number of non-ortho nitro benzene ring substituents is 1. The maximum atomic E-state index is 10.8. The van der Waals surface area contributed by atoms with Gasteiger partial charge < -0.3 is 9.47 Å². The van der Waals surface area contributed by atoms with Crippen molar-refractivity contribution in [2.24, 2.45) is 0 Å². The number of para-hydroxylation sites is 2. The molecule has 1 aliphatic rings. The van der Waals surface area contributed by atoms with E-state index in [2.05, 4.69) is 16.8 Å². The fraction of sp³-hybridized carbons (Fsp3) is 0.200. The number of nitro groups is 1. The van der Waals surface area contributed by atoms with E-state index in [1.807, 2.05) is 28.8 Å². The highest BCUT2D eigenvalue weighted by molar-refractivity contribution is 7.98. The Balaban J connectivity index is 1.51.